The second kappa shape index (κ2) is 2.39. The van der Waals surface area contributed by atoms with E-state index in [0.29, 0.717) is 11.3 Å². The van der Waals surface area contributed by atoms with Gasteiger partial charge in [-0.05, 0) is 12.1 Å². The van der Waals surface area contributed by atoms with E-state index in [1.54, 1.807) is 24.3 Å². The number of carboxylic acids is 1. The standard InChI is InChI=1S/C11H8O4/c12-9-6-3-1-2-4-8(6)15-11(10(13)14)5-7(9)11/h1-4,7H,5H2,(H,13,14)/t7-,11+/m1/s1. The van der Waals surface area contributed by atoms with Crippen molar-refractivity contribution in [3.05, 3.63) is 29.8 Å². The summed E-state index contributed by atoms with van der Waals surface area (Å²) in [6.07, 6.45) is 0.288. The lowest BCUT2D eigenvalue weighted by molar-refractivity contribution is -0.148. The van der Waals surface area contributed by atoms with Gasteiger partial charge in [0.05, 0.1) is 11.5 Å². The first kappa shape index (κ1) is 8.47. The number of hydrogen-bond acceptors (Lipinski definition) is 3. The highest BCUT2D eigenvalue weighted by molar-refractivity contribution is 6.09. The SMILES string of the molecule is O=C1c2ccccc2O[C@@]2(C(=O)O)C[C@H]12. The first-order chi connectivity index (χ1) is 7.15. The van der Waals surface area contributed by atoms with Gasteiger partial charge < -0.3 is 9.84 Å². The van der Waals surface area contributed by atoms with Gasteiger partial charge in [-0.2, -0.15) is 0 Å². The summed E-state index contributed by atoms with van der Waals surface area (Å²) in [7, 11) is 0. The van der Waals surface area contributed by atoms with Crippen LogP contribution in [0.1, 0.15) is 16.8 Å². The molecule has 0 radical (unpaired) electrons. The van der Waals surface area contributed by atoms with Crippen molar-refractivity contribution in [3.8, 4) is 5.75 Å². The van der Waals surface area contributed by atoms with Crippen LogP contribution in [0.25, 0.3) is 0 Å². The molecule has 4 nitrogen and oxygen atoms in total. The summed E-state index contributed by atoms with van der Waals surface area (Å²) in [6.45, 7) is 0. The molecule has 76 valence electrons. The number of rotatable bonds is 1. The summed E-state index contributed by atoms with van der Waals surface area (Å²) in [5.74, 6) is -1.27. The number of hydrogen-bond donors (Lipinski definition) is 1. The molecule has 0 saturated heterocycles. The van der Waals surface area contributed by atoms with E-state index in [1.807, 2.05) is 0 Å². The molecule has 3 rings (SSSR count). The highest BCUT2D eigenvalue weighted by Gasteiger charge is 2.69. The number of benzene rings is 1. The van der Waals surface area contributed by atoms with Crippen LogP contribution in [0.2, 0.25) is 0 Å². The van der Waals surface area contributed by atoms with Crippen LogP contribution < -0.4 is 4.74 Å². The van der Waals surface area contributed by atoms with Gasteiger partial charge in [0.1, 0.15) is 5.75 Å². The van der Waals surface area contributed by atoms with Crippen LogP contribution in [0.3, 0.4) is 0 Å². The number of aliphatic carboxylic acids is 1. The Labute approximate surface area is 85.5 Å². The zero-order valence-electron chi connectivity index (χ0n) is 7.77. The fraction of sp³-hybridized carbons (Fsp3) is 0.273. The van der Waals surface area contributed by atoms with E-state index in [4.69, 9.17) is 9.84 Å². The van der Waals surface area contributed by atoms with E-state index in [2.05, 4.69) is 0 Å². The van der Waals surface area contributed by atoms with Crippen molar-refractivity contribution in [2.24, 2.45) is 5.92 Å². The van der Waals surface area contributed by atoms with Gasteiger partial charge in [0.25, 0.3) is 0 Å². The highest BCUT2D eigenvalue weighted by atomic mass is 16.5. The van der Waals surface area contributed by atoms with E-state index >= 15 is 0 Å². The Morgan fingerprint density at radius 3 is 2.93 bits per heavy atom. The molecule has 1 N–H and O–H groups in total. The van der Waals surface area contributed by atoms with E-state index < -0.39 is 17.5 Å². The Bertz CT molecular complexity index is 479. The van der Waals surface area contributed by atoms with Gasteiger partial charge in [0.2, 0.25) is 5.60 Å². The molecule has 0 bridgehead atoms. The maximum atomic E-state index is 11.8. The van der Waals surface area contributed by atoms with Crippen LogP contribution in [0.15, 0.2) is 24.3 Å². The summed E-state index contributed by atoms with van der Waals surface area (Å²) < 4.78 is 5.40. The van der Waals surface area contributed by atoms with Gasteiger partial charge in [-0.15, -0.1) is 0 Å². The van der Waals surface area contributed by atoms with Crippen molar-refractivity contribution in [3.63, 3.8) is 0 Å². The molecule has 1 fully saturated rings. The van der Waals surface area contributed by atoms with Gasteiger partial charge in [-0.25, -0.2) is 4.79 Å². The summed E-state index contributed by atoms with van der Waals surface area (Å²) in [4.78, 5) is 22.8. The van der Waals surface area contributed by atoms with Crippen molar-refractivity contribution >= 4 is 11.8 Å². The second-order valence-electron chi connectivity index (χ2n) is 3.91. The number of ketones is 1. The molecule has 1 aromatic rings. The van der Waals surface area contributed by atoms with Crippen molar-refractivity contribution in [1.29, 1.82) is 0 Å². The van der Waals surface area contributed by atoms with Gasteiger partial charge in [-0.3, -0.25) is 4.79 Å². The minimum atomic E-state index is -1.27. The minimum absolute atomic E-state index is 0.112. The summed E-state index contributed by atoms with van der Waals surface area (Å²) in [5, 5.41) is 9.01. The lowest BCUT2D eigenvalue weighted by Gasteiger charge is -2.21. The predicted octanol–water partition coefficient (Wildman–Crippen LogP) is 1.10. The van der Waals surface area contributed by atoms with Crippen LogP contribution in [0.4, 0.5) is 0 Å². The molecule has 15 heavy (non-hydrogen) atoms. The average Bonchev–Trinajstić information content (AvgIpc) is 2.94. The maximum Gasteiger partial charge on any atom is 0.348 e. The molecule has 1 heterocycles. The molecular formula is C11H8O4. The molecule has 1 saturated carbocycles. The van der Waals surface area contributed by atoms with E-state index in [0.717, 1.165) is 0 Å². The van der Waals surface area contributed by atoms with Crippen LogP contribution in [-0.4, -0.2) is 22.5 Å². The first-order valence-corrected chi connectivity index (χ1v) is 4.71. The molecule has 0 spiro atoms. The van der Waals surface area contributed by atoms with Crippen LogP contribution in [0.5, 0.6) is 5.75 Å². The molecule has 0 unspecified atom stereocenters. The quantitative estimate of drug-likeness (QED) is 0.744. The van der Waals surface area contributed by atoms with Crippen LogP contribution in [-0.2, 0) is 4.79 Å². The van der Waals surface area contributed by atoms with Crippen molar-refractivity contribution in [1.82, 2.24) is 0 Å². The third kappa shape index (κ3) is 0.909. The second-order valence-corrected chi connectivity index (χ2v) is 3.91. The Morgan fingerprint density at radius 1 is 1.47 bits per heavy atom. The number of carbonyl (C=O) groups is 2. The number of carbonyl (C=O) groups excluding carboxylic acids is 1. The van der Waals surface area contributed by atoms with Crippen molar-refractivity contribution in [2.45, 2.75) is 12.0 Å². The Hall–Kier alpha value is -1.84. The Balaban J connectivity index is 2.12. The Morgan fingerprint density at radius 2 is 2.20 bits per heavy atom. The third-order valence-corrected chi connectivity index (χ3v) is 3.03. The molecule has 0 aromatic heterocycles. The number of fused-ring (bicyclic) bond motifs is 2. The van der Waals surface area contributed by atoms with Gasteiger partial charge >= 0.3 is 5.97 Å². The maximum absolute atomic E-state index is 11.8. The zero-order chi connectivity index (χ0) is 10.6. The fourth-order valence-electron chi connectivity index (χ4n) is 2.08. The number of para-hydroxylation sites is 1. The fourth-order valence-corrected chi connectivity index (χ4v) is 2.08. The number of ether oxygens (including phenoxy) is 1. The van der Waals surface area contributed by atoms with E-state index in [9.17, 15) is 9.59 Å². The van der Waals surface area contributed by atoms with Crippen LogP contribution >= 0.6 is 0 Å². The lowest BCUT2D eigenvalue weighted by atomic mass is 10.0. The van der Waals surface area contributed by atoms with E-state index in [1.165, 1.54) is 0 Å². The number of Topliss-reactive ketones (excluding diaryl/α,β-unsaturated/α-hetero) is 1. The molecule has 1 aliphatic heterocycles. The highest BCUT2D eigenvalue weighted by Crippen LogP contribution is 2.53. The van der Waals surface area contributed by atoms with E-state index in [-0.39, 0.29) is 12.2 Å². The van der Waals surface area contributed by atoms with Gasteiger partial charge in [0.15, 0.2) is 5.78 Å². The first-order valence-electron chi connectivity index (χ1n) is 4.71. The normalized spacial score (nSPS) is 31.2. The van der Waals surface area contributed by atoms with Crippen LogP contribution in [0, 0.1) is 5.92 Å². The predicted molar refractivity (Wildman–Crippen MR) is 49.9 cm³/mol. The average molecular weight is 204 g/mol. The summed E-state index contributed by atoms with van der Waals surface area (Å²) >= 11 is 0. The van der Waals surface area contributed by atoms with Gasteiger partial charge in [-0.1, -0.05) is 12.1 Å². The molecule has 4 heteroatoms. The molecule has 1 aromatic carbocycles. The Kier molecular flexibility index (Phi) is 1.35. The molecule has 0 amide bonds. The smallest absolute Gasteiger partial charge is 0.348 e. The summed E-state index contributed by atoms with van der Waals surface area (Å²) in [5.41, 5.74) is -0.775. The molecule has 2 atom stereocenters. The molecular weight excluding hydrogens is 196 g/mol. The minimum Gasteiger partial charge on any atom is -0.478 e. The monoisotopic (exact) mass is 204 g/mol. The third-order valence-electron chi connectivity index (χ3n) is 3.03. The largest absolute Gasteiger partial charge is 0.478 e. The summed E-state index contributed by atoms with van der Waals surface area (Å²) in [6, 6.07) is 6.77. The zero-order valence-corrected chi connectivity index (χ0v) is 7.77. The van der Waals surface area contributed by atoms with Crippen molar-refractivity contribution in [2.75, 3.05) is 0 Å². The number of carboxylic acid groups (broad SMARTS) is 1. The van der Waals surface area contributed by atoms with Crippen molar-refractivity contribution < 1.29 is 19.4 Å². The molecule has 2 aliphatic rings. The topological polar surface area (TPSA) is 63.6 Å². The molecule has 1 aliphatic carbocycles. The lowest BCUT2D eigenvalue weighted by Crippen LogP contribution is -2.37. The van der Waals surface area contributed by atoms with Gasteiger partial charge in [0, 0.05) is 6.42 Å².